The van der Waals surface area contributed by atoms with Crippen molar-refractivity contribution >= 4 is 22.6 Å². The summed E-state index contributed by atoms with van der Waals surface area (Å²) in [5, 5.41) is 12.8. The van der Waals surface area contributed by atoms with Gasteiger partial charge in [0.1, 0.15) is 5.52 Å². The third-order valence-electron chi connectivity index (χ3n) is 3.98. The van der Waals surface area contributed by atoms with E-state index in [1.165, 1.54) is 0 Å². The molecule has 0 aliphatic heterocycles. The summed E-state index contributed by atoms with van der Waals surface area (Å²) in [6.45, 7) is 8.95. The number of H-pyrrole nitrogens is 1. The molecule has 0 spiro atoms. The molecule has 3 N–H and O–H groups in total. The number of hydrogen-bond acceptors (Lipinski definition) is 4. The van der Waals surface area contributed by atoms with E-state index in [9.17, 15) is 9.90 Å². The molecular formula is C18H24N4O2. The summed E-state index contributed by atoms with van der Waals surface area (Å²) in [6, 6.07) is -0.401. The lowest BCUT2D eigenvalue weighted by Crippen LogP contribution is -2.47. The number of carbonyl (C=O) groups is 1. The van der Waals surface area contributed by atoms with Gasteiger partial charge in [0.25, 0.3) is 5.91 Å². The van der Waals surface area contributed by atoms with Crippen molar-refractivity contribution in [3.8, 4) is 0 Å². The summed E-state index contributed by atoms with van der Waals surface area (Å²) in [5.74, 6) is -0.294. The van der Waals surface area contributed by atoms with E-state index in [0.29, 0.717) is 22.4 Å². The van der Waals surface area contributed by atoms with Gasteiger partial charge in [-0.2, -0.15) is 0 Å². The first kappa shape index (κ1) is 17.9. The fourth-order valence-corrected chi connectivity index (χ4v) is 2.03. The van der Waals surface area contributed by atoms with Crippen LogP contribution in [-0.2, 0) is 0 Å². The van der Waals surface area contributed by atoms with Crippen LogP contribution in [0.15, 0.2) is 30.6 Å². The Labute approximate surface area is 141 Å². The SMILES string of the molecule is C/C=C\C=C(/C)c1cnc2[nH]cc(C(=O)N[C@@H](C)C(C)(C)O)c2n1. The number of nitrogens with one attached hydrogen (secondary N) is 2. The highest BCUT2D eigenvalue weighted by Gasteiger charge is 2.25. The lowest BCUT2D eigenvalue weighted by molar-refractivity contribution is 0.0409. The van der Waals surface area contributed by atoms with Gasteiger partial charge in [0, 0.05) is 6.20 Å². The zero-order chi connectivity index (χ0) is 17.9. The van der Waals surface area contributed by atoms with Gasteiger partial charge in [-0.3, -0.25) is 4.79 Å². The minimum absolute atomic E-state index is 0.294. The van der Waals surface area contributed by atoms with Gasteiger partial charge >= 0.3 is 0 Å². The van der Waals surface area contributed by atoms with E-state index in [4.69, 9.17) is 0 Å². The van der Waals surface area contributed by atoms with E-state index in [-0.39, 0.29) is 5.91 Å². The first-order chi connectivity index (χ1) is 11.2. The number of allylic oxidation sites excluding steroid dienone is 4. The monoisotopic (exact) mass is 328 g/mol. The highest BCUT2D eigenvalue weighted by Crippen LogP contribution is 2.19. The maximum absolute atomic E-state index is 12.5. The van der Waals surface area contributed by atoms with Crippen LogP contribution < -0.4 is 5.32 Å². The number of carbonyl (C=O) groups excluding carboxylic acids is 1. The summed E-state index contributed by atoms with van der Waals surface area (Å²) in [7, 11) is 0. The number of aromatic nitrogens is 3. The molecule has 2 aromatic heterocycles. The van der Waals surface area contributed by atoms with Crippen LogP contribution in [0.4, 0.5) is 0 Å². The fraction of sp³-hybridized carbons (Fsp3) is 0.389. The predicted octanol–water partition coefficient (Wildman–Crippen LogP) is 2.83. The predicted molar refractivity (Wildman–Crippen MR) is 95.6 cm³/mol. The van der Waals surface area contributed by atoms with Crippen molar-refractivity contribution in [3.05, 3.63) is 41.9 Å². The molecule has 0 radical (unpaired) electrons. The van der Waals surface area contributed by atoms with Crippen molar-refractivity contribution < 1.29 is 9.90 Å². The molecule has 0 aromatic carbocycles. The van der Waals surface area contributed by atoms with E-state index in [1.807, 2.05) is 32.1 Å². The smallest absolute Gasteiger partial charge is 0.255 e. The Morgan fingerprint density at radius 1 is 1.46 bits per heavy atom. The second-order valence-corrected chi connectivity index (χ2v) is 6.38. The molecule has 0 saturated carbocycles. The van der Waals surface area contributed by atoms with Crippen molar-refractivity contribution in [2.24, 2.45) is 0 Å². The Balaban J connectivity index is 2.36. The molecule has 24 heavy (non-hydrogen) atoms. The zero-order valence-corrected chi connectivity index (χ0v) is 14.7. The molecule has 0 bridgehead atoms. The number of hydrogen-bond donors (Lipinski definition) is 3. The molecule has 0 unspecified atom stereocenters. The molecule has 2 aromatic rings. The van der Waals surface area contributed by atoms with Gasteiger partial charge in [-0.1, -0.05) is 18.2 Å². The van der Waals surface area contributed by atoms with E-state index in [0.717, 1.165) is 5.57 Å². The van der Waals surface area contributed by atoms with Crippen molar-refractivity contribution in [2.75, 3.05) is 0 Å². The Morgan fingerprint density at radius 3 is 2.79 bits per heavy atom. The maximum atomic E-state index is 12.5. The van der Waals surface area contributed by atoms with Crippen molar-refractivity contribution in [1.82, 2.24) is 20.3 Å². The maximum Gasteiger partial charge on any atom is 0.255 e. The number of nitrogens with zero attached hydrogens (tertiary/aromatic N) is 2. The van der Waals surface area contributed by atoms with Crippen molar-refractivity contribution in [2.45, 2.75) is 46.3 Å². The summed E-state index contributed by atoms with van der Waals surface area (Å²) < 4.78 is 0. The van der Waals surface area contributed by atoms with Crippen LogP contribution in [0.25, 0.3) is 16.7 Å². The second kappa shape index (κ2) is 6.97. The summed E-state index contributed by atoms with van der Waals surface area (Å²) in [4.78, 5) is 24.3. The minimum atomic E-state index is -1.01. The molecule has 2 rings (SSSR count). The molecule has 128 valence electrons. The summed E-state index contributed by atoms with van der Waals surface area (Å²) in [6.07, 6.45) is 9.07. The molecule has 0 saturated heterocycles. The molecule has 2 heterocycles. The van der Waals surface area contributed by atoms with Crippen LogP contribution in [0.5, 0.6) is 0 Å². The largest absolute Gasteiger partial charge is 0.388 e. The molecule has 6 heteroatoms. The minimum Gasteiger partial charge on any atom is -0.388 e. The number of fused-ring (bicyclic) bond motifs is 1. The van der Waals surface area contributed by atoms with Crippen LogP contribution in [0.2, 0.25) is 0 Å². The topological polar surface area (TPSA) is 90.9 Å². The van der Waals surface area contributed by atoms with E-state index < -0.39 is 11.6 Å². The Bertz CT molecular complexity index is 797. The quantitative estimate of drug-likeness (QED) is 0.736. The van der Waals surface area contributed by atoms with Gasteiger partial charge < -0.3 is 15.4 Å². The highest BCUT2D eigenvalue weighted by atomic mass is 16.3. The lowest BCUT2D eigenvalue weighted by atomic mass is 10.0. The Morgan fingerprint density at radius 2 is 2.17 bits per heavy atom. The molecule has 6 nitrogen and oxygen atoms in total. The molecule has 0 fully saturated rings. The second-order valence-electron chi connectivity index (χ2n) is 6.38. The average molecular weight is 328 g/mol. The molecule has 0 aliphatic rings. The third kappa shape index (κ3) is 3.89. The van der Waals surface area contributed by atoms with Crippen LogP contribution in [0, 0.1) is 0 Å². The van der Waals surface area contributed by atoms with Crippen LogP contribution in [-0.4, -0.2) is 37.6 Å². The highest BCUT2D eigenvalue weighted by molar-refractivity contribution is 6.04. The van der Waals surface area contributed by atoms with Crippen molar-refractivity contribution in [3.63, 3.8) is 0 Å². The number of amides is 1. The van der Waals surface area contributed by atoms with Crippen LogP contribution >= 0.6 is 0 Å². The van der Waals surface area contributed by atoms with Crippen LogP contribution in [0.3, 0.4) is 0 Å². The van der Waals surface area contributed by atoms with E-state index >= 15 is 0 Å². The van der Waals surface area contributed by atoms with Gasteiger partial charge in [0.05, 0.1) is 29.1 Å². The van der Waals surface area contributed by atoms with E-state index in [1.54, 1.807) is 33.2 Å². The summed E-state index contributed by atoms with van der Waals surface area (Å²) >= 11 is 0. The first-order valence-corrected chi connectivity index (χ1v) is 7.91. The first-order valence-electron chi connectivity index (χ1n) is 7.91. The van der Waals surface area contributed by atoms with Gasteiger partial charge in [-0.25, -0.2) is 9.97 Å². The third-order valence-corrected chi connectivity index (χ3v) is 3.98. The standard InChI is InChI=1S/C18H24N4O2/c1-6-7-8-11(2)14-10-20-16-15(22-14)13(9-19-16)17(23)21-12(3)18(4,5)24/h6-10,12,24H,1-5H3,(H,19,20)(H,21,23)/b7-6-,11-8+/t12-/m0/s1. The van der Waals surface area contributed by atoms with Gasteiger partial charge in [-0.15, -0.1) is 0 Å². The molecule has 1 atom stereocenters. The average Bonchev–Trinajstić information content (AvgIpc) is 2.94. The number of aromatic amines is 1. The Hall–Kier alpha value is -2.47. The van der Waals surface area contributed by atoms with Gasteiger partial charge in [0.15, 0.2) is 5.65 Å². The van der Waals surface area contributed by atoms with Crippen molar-refractivity contribution in [1.29, 1.82) is 0 Å². The number of rotatable bonds is 5. The Kier molecular flexibility index (Phi) is 5.19. The fourth-order valence-electron chi connectivity index (χ4n) is 2.03. The van der Waals surface area contributed by atoms with Gasteiger partial charge in [-0.05, 0) is 40.2 Å². The molecular weight excluding hydrogens is 304 g/mol. The molecule has 0 aliphatic carbocycles. The van der Waals surface area contributed by atoms with Gasteiger partial charge in [0.2, 0.25) is 0 Å². The van der Waals surface area contributed by atoms with E-state index in [2.05, 4.69) is 20.3 Å². The zero-order valence-electron chi connectivity index (χ0n) is 14.7. The van der Waals surface area contributed by atoms with Crippen LogP contribution in [0.1, 0.15) is 50.7 Å². The normalized spacial score (nSPS) is 14.3. The summed E-state index contributed by atoms with van der Waals surface area (Å²) in [5.41, 5.74) is 2.14. The number of aliphatic hydroxyl groups is 1. The lowest BCUT2D eigenvalue weighted by Gasteiger charge is -2.26. The molecule has 1 amide bonds.